The monoisotopic (exact) mass is 500 g/mol. The topological polar surface area (TPSA) is 106 Å². The SMILES string of the molecule is CCN(CC)C(=O)C(C)n1cc(-c2cnc(C)c(-c3cc(-c4ccc(CNC)cc4)no3)n2)ccc1=O. The van der Waals surface area contributed by atoms with Crippen LogP contribution in [0.4, 0.5) is 0 Å². The van der Waals surface area contributed by atoms with Gasteiger partial charge in [0.25, 0.3) is 5.56 Å². The molecule has 192 valence electrons. The van der Waals surface area contributed by atoms with Gasteiger partial charge in [0.15, 0.2) is 5.76 Å². The highest BCUT2D eigenvalue weighted by Gasteiger charge is 2.21. The lowest BCUT2D eigenvalue weighted by molar-refractivity contribution is -0.133. The Labute approximate surface area is 216 Å². The van der Waals surface area contributed by atoms with Gasteiger partial charge < -0.3 is 19.3 Å². The molecule has 4 rings (SSSR count). The van der Waals surface area contributed by atoms with E-state index in [2.05, 4.69) is 15.5 Å². The van der Waals surface area contributed by atoms with Gasteiger partial charge in [-0.25, -0.2) is 4.98 Å². The summed E-state index contributed by atoms with van der Waals surface area (Å²) in [4.78, 5) is 36.5. The number of carbonyl (C=O) groups is 1. The second-order valence-corrected chi connectivity index (χ2v) is 8.84. The first-order valence-electron chi connectivity index (χ1n) is 12.4. The minimum Gasteiger partial charge on any atom is -0.354 e. The van der Waals surface area contributed by atoms with E-state index in [1.807, 2.05) is 58.2 Å². The Balaban J connectivity index is 1.66. The number of carbonyl (C=O) groups excluding carboxylic acids is 1. The fourth-order valence-corrected chi connectivity index (χ4v) is 4.22. The fraction of sp³-hybridized carbons (Fsp3) is 0.321. The van der Waals surface area contributed by atoms with Crippen LogP contribution in [0.1, 0.15) is 38.1 Å². The van der Waals surface area contributed by atoms with Gasteiger partial charge in [-0.05, 0) is 46.4 Å². The maximum atomic E-state index is 12.9. The third-order valence-corrected chi connectivity index (χ3v) is 6.41. The lowest BCUT2D eigenvalue weighted by atomic mass is 10.1. The van der Waals surface area contributed by atoms with Gasteiger partial charge in [-0.3, -0.25) is 14.6 Å². The standard InChI is InChI=1S/C28H32N6O3/c1-6-33(7-2)28(36)19(4)34-17-22(12-13-26(34)35)24-16-30-18(3)27(31-24)25-14-23(32-37-25)21-10-8-20(9-11-21)15-29-5/h8-14,16-17,19,29H,6-7,15H2,1-5H3. The number of likely N-dealkylation sites (N-methyl/N-ethyl adjacent to an activating group) is 1. The molecular formula is C28H32N6O3. The average molecular weight is 501 g/mol. The van der Waals surface area contributed by atoms with Crippen LogP contribution < -0.4 is 10.9 Å². The van der Waals surface area contributed by atoms with Gasteiger partial charge in [0, 0.05) is 49.1 Å². The zero-order chi connectivity index (χ0) is 26.5. The number of nitrogens with zero attached hydrogens (tertiary/aromatic N) is 5. The summed E-state index contributed by atoms with van der Waals surface area (Å²) in [6.07, 6.45) is 3.31. The Kier molecular flexibility index (Phi) is 7.93. The highest BCUT2D eigenvalue weighted by molar-refractivity contribution is 5.80. The maximum Gasteiger partial charge on any atom is 0.251 e. The molecule has 9 heteroatoms. The summed E-state index contributed by atoms with van der Waals surface area (Å²) in [5, 5.41) is 7.37. The zero-order valence-corrected chi connectivity index (χ0v) is 21.9. The maximum absolute atomic E-state index is 12.9. The summed E-state index contributed by atoms with van der Waals surface area (Å²) < 4.78 is 7.09. The van der Waals surface area contributed by atoms with Gasteiger partial charge >= 0.3 is 0 Å². The van der Waals surface area contributed by atoms with E-state index >= 15 is 0 Å². The molecule has 37 heavy (non-hydrogen) atoms. The van der Waals surface area contributed by atoms with Crippen molar-refractivity contribution in [3.8, 4) is 34.0 Å². The van der Waals surface area contributed by atoms with Crippen molar-refractivity contribution in [2.24, 2.45) is 0 Å². The number of aromatic nitrogens is 4. The number of benzene rings is 1. The van der Waals surface area contributed by atoms with Crippen molar-refractivity contribution in [2.45, 2.75) is 40.3 Å². The summed E-state index contributed by atoms with van der Waals surface area (Å²) in [5.41, 5.74) is 5.06. The molecule has 3 heterocycles. The molecule has 0 saturated heterocycles. The average Bonchev–Trinajstić information content (AvgIpc) is 3.40. The Morgan fingerprint density at radius 2 is 1.78 bits per heavy atom. The number of pyridine rings is 1. The van der Waals surface area contributed by atoms with Crippen molar-refractivity contribution in [1.82, 2.24) is 29.9 Å². The first kappa shape index (κ1) is 26.0. The van der Waals surface area contributed by atoms with Gasteiger partial charge in [-0.1, -0.05) is 29.4 Å². The summed E-state index contributed by atoms with van der Waals surface area (Å²) in [7, 11) is 1.91. The van der Waals surface area contributed by atoms with Crippen molar-refractivity contribution in [3.63, 3.8) is 0 Å². The number of aryl methyl sites for hydroxylation is 1. The van der Waals surface area contributed by atoms with Crippen LogP contribution in [0.2, 0.25) is 0 Å². The van der Waals surface area contributed by atoms with Crippen LogP contribution in [0.3, 0.4) is 0 Å². The minimum absolute atomic E-state index is 0.104. The molecule has 1 atom stereocenters. The molecule has 4 aromatic rings. The normalized spacial score (nSPS) is 11.9. The van der Waals surface area contributed by atoms with Gasteiger partial charge in [0.1, 0.15) is 17.4 Å². The molecule has 0 fully saturated rings. The van der Waals surface area contributed by atoms with Crippen molar-refractivity contribution < 1.29 is 9.32 Å². The van der Waals surface area contributed by atoms with Crippen molar-refractivity contribution in [2.75, 3.05) is 20.1 Å². The third kappa shape index (κ3) is 5.51. The third-order valence-electron chi connectivity index (χ3n) is 6.41. The molecule has 1 unspecified atom stereocenters. The molecule has 0 bridgehead atoms. The molecular weight excluding hydrogens is 468 g/mol. The number of rotatable bonds is 9. The second-order valence-electron chi connectivity index (χ2n) is 8.84. The molecule has 0 spiro atoms. The Morgan fingerprint density at radius 3 is 2.46 bits per heavy atom. The minimum atomic E-state index is -0.637. The van der Waals surface area contributed by atoms with E-state index in [1.165, 1.54) is 16.2 Å². The number of nitrogens with one attached hydrogen (secondary N) is 1. The van der Waals surface area contributed by atoms with Gasteiger partial charge in [-0.2, -0.15) is 0 Å². The molecule has 0 aliphatic heterocycles. The molecule has 0 aliphatic carbocycles. The van der Waals surface area contributed by atoms with Crippen LogP contribution >= 0.6 is 0 Å². The van der Waals surface area contributed by atoms with Gasteiger partial charge in [0.05, 0.1) is 17.6 Å². The number of hydrogen-bond donors (Lipinski definition) is 1. The highest BCUT2D eigenvalue weighted by atomic mass is 16.5. The Hall–Kier alpha value is -4.11. The molecule has 1 N–H and O–H groups in total. The lowest BCUT2D eigenvalue weighted by Gasteiger charge is -2.24. The number of hydrogen-bond acceptors (Lipinski definition) is 7. The van der Waals surface area contributed by atoms with Crippen LogP contribution in [0.25, 0.3) is 34.0 Å². The predicted octanol–water partition coefficient (Wildman–Crippen LogP) is 4.08. The summed E-state index contributed by atoms with van der Waals surface area (Å²) in [5.74, 6) is 0.396. The van der Waals surface area contributed by atoms with E-state index in [9.17, 15) is 9.59 Å². The Bertz CT molecular complexity index is 1440. The van der Waals surface area contributed by atoms with Crippen LogP contribution in [0, 0.1) is 6.92 Å². The smallest absolute Gasteiger partial charge is 0.251 e. The molecule has 1 amide bonds. The van der Waals surface area contributed by atoms with Crippen LogP contribution in [0.5, 0.6) is 0 Å². The van der Waals surface area contributed by atoms with Gasteiger partial charge in [0.2, 0.25) is 5.91 Å². The van der Waals surface area contributed by atoms with E-state index in [0.717, 1.165) is 12.1 Å². The quantitative estimate of drug-likeness (QED) is 0.369. The predicted molar refractivity (Wildman–Crippen MR) is 143 cm³/mol. The molecule has 0 aliphatic rings. The molecule has 0 radical (unpaired) electrons. The van der Waals surface area contributed by atoms with Crippen molar-refractivity contribution in [1.29, 1.82) is 0 Å². The second kappa shape index (κ2) is 11.3. The van der Waals surface area contributed by atoms with Crippen LogP contribution in [-0.2, 0) is 11.3 Å². The summed E-state index contributed by atoms with van der Waals surface area (Å²) >= 11 is 0. The van der Waals surface area contributed by atoms with Crippen molar-refractivity contribution >= 4 is 5.91 Å². The first-order chi connectivity index (χ1) is 17.9. The van der Waals surface area contributed by atoms with Gasteiger partial charge in [-0.15, -0.1) is 0 Å². The van der Waals surface area contributed by atoms with Crippen LogP contribution in [0.15, 0.2) is 64.2 Å². The van der Waals surface area contributed by atoms with E-state index < -0.39 is 6.04 Å². The van der Waals surface area contributed by atoms with E-state index in [0.29, 0.717) is 47.2 Å². The summed E-state index contributed by atoms with van der Waals surface area (Å²) in [6.45, 7) is 9.39. The van der Waals surface area contributed by atoms with E-state index in [-0.39, 0.29) is 11.5 Å². The van der Waals surface area contributed by atoms with Crippen molar-refractivity contribution in [3.05, 3.63) is 76.5 Å². The summed E-state index contributed by atoms with van der Waals surface area (Å²) in [6, 6.07) is 12.5. The molecule has 1 aromatic carbocycles. The first-order valence-corrected chi connectivity index (χ1v) is 12.4. The van der Waals surface area contributed by atoms with E-state index in [1.54, 1.807) is 30.3 Å². The lowest BCUT2D eigenvalue weighted by Crippen LogP contribution is -2.38. The number of amides is 1. The zero-order valence-electron chi connectivity index (χ0n) is 21.9. The highest BCUT2D eigenvalue weighted by Crippen LogP contribution is 2.28. The van der Waals surface area contributed by atoms with Crippen LogP contribution in [-0.4, -0.2) is 50.6 Å². The Morgan fingerprint density at radius 1 is 1.08 bits per heavy atom. The van der Waals surface area contributed by atoms with E-state index in [4.69, 9.17) is 9.51 Å². The largest absolute Gasteiger partial charge is 0.354 e. The molecule has 0 saturated carbocycles. The molecule has 9 nitrogen and oxygen atoms in total. The molecule has 3 aromatic heterocycles. The fourth-order valence-electron chi connectivity index (χ4n) is 4.22.